The Labute approximate surface area is 130 Å². The maximum Gasteiger partial charge on any atom is 0.119 e. The molecule has 2 atom stereocenters. The van der Waals surface area contributed by atoms with Gasteiger partial charge >= 0.3 is 0 Å². The van der Waals surface area contributed by atoms with E-state index >= 15 is 0 Å². The van der Waals surface area contributed by atoms with E-state index in [-0.39, 0.29) is 0 Å². The molecule has 1 aliphatic heterocycles. The van der Waals surface area contributed by atoms with Gasteiger partial charge in [-0.1, -0.05) is 30.3 Å². The molecular formula is C18H21NOS. The number of nitrogens with one attached hydrogen (secondary N) is 1. The van der Waals surface area contributed by atoms with Crippen LogP contribution in [0.15, 0.2) is 53.4 Å². The molecule has 3 heteroatoms. The van der Waals surface area contributed by atoms with E-state index < -0.39 is 0 Å². The van der Waals surface area contributed by atoms with Crippen molar-refractivity contribution in [3.8, 4) is 5.75 Å². The first-order chi connectivity index (χ1) is 10.3. The van der Waals surface area contributed by atoms with Crippen molar-refractivity contribution in [3.05, 3.63) is 59.7 Å². The molecule has 0 saturated heterocycles. The molecule has 2 nitrogen and oxygen atoms in total. The first-order valence-electron chi connectivity index (χ1n) is 7.39. The Morgan fingerprint density at radius 1 is 1.19 bits per heavy atom. The van der Waals surface area contributed by atoms with E-state index in [1.54, 1.807) is 7.11 Å². The quantitative estimate of drug-likeness (QED) is 0.892. The summed E-state index contributed by atoms with van der Waals surface area (Å²) in [5, 5.41) is 3.77. The molecule has 0 radical (unpaired) electrons. The molecule has 1 heterocycles. The molecule has 1 unspecified atom stereocenters. The first-order valence-corrected chi connectivity index (χ1v) is 8.38. The van der Waals surface area contributed by atoms with Crippen LogP contribution in [0, 0.1) is 0 Å². The summed E-state index contributed by atoms with van der Waals surface area (Å²) in [6.07, 6.45) is 1.18. The van der Waals surface area contributed by atoms with E-state index in [2.05, 4.69) is 54.7 Å². The van der Waals surface area contributed by atoms with Crippen molar-refractivity contribution in [1.29, 1.82) is 0 Å². The molecule has 1 aliphatic rings. The zero-order valence-electron chi connectivity index (χ0n) is 12.5. The van der Waals surface area contributed by atoms with Gasteiger partial charge in [-0.15, -0.1) is 11.8 Å². The smallest absolute Gasteiger partial charge is 0.119 e. The van der Waals surface area contributed by atoms with Gasteiger partial charge in [0, 0.05) is 17.0 Å². The molecule has 0 bridgehead atoms. The highest BCUT2D eigenvalue weighted by molar-refractivity contribution is 7.99. The lowest BCUT2D eigenvalue weighted by Crippen LogP contribution is -2.27. The first kappa shape index (κ1) is 14.5. The minimum absolute atomic E-state index is 0.307. The van der Waals surface area contributed by atoms with Crippen molar-refractivity contribution in [1.82, 2.24) is 5.32 Å². The third-order valence-electron chi connectivity index (χ3n) is 4.00. The van der Waals surface area contributed by atoms with E-state index in [4.69, 9.17) is 4.74 Å². The van der Waals surface area contributed by atoms with Crippen LogP contribution in [0.5, 0.6) is 5.75 Å². The number of hydrogen-bond acceptors (Lipinski definition) is 3. The van der Waals surface area contributed by atoms with Crippen LogP contribution in [0.3, 0.4) is 0 Å². The predicted octanol–water partition coefficient (Wildman–Crippen LogP) is 4.58. The third-order valence-corrected chi connectivity index (χ3v) is 5.13. The molecule has 1 N–H and O–H groups in total. The highest BCUT2D eigenvalue weighted by atomic mass is 32.2. The SMILES string of the molecule is COc1cccc([C@H](C)NC2CCSc3ccccc32)c1. The number of methoxy groups -OCH3 is 1. The Kier molecular flexibility index (Phi) is 4.51. The van der Waals surface area contributed by atoms with Crippen LogP contribution in [0.4, 0.5) is 0 Å². The fourth-order valence-corrected chi connectivity index (χ4v) is 3.95. The minimum Gasteiger partial charge on any atom is -0.497 e. The zero-order valence-corrected chi connectivity index (χ0v) is 13.3. The zero-order chi connectivity index (χ0) is 14.7. The van der Waals surface area contributed by atoms with Crippen LogP contribution in [-0.4, -0.2) is 12.9 Å². The minimum atomic E-state index is 0.307. The largest absolute Gasteiger partial charge is 0.497 e. The molecular weight excluding hydrogens is 278 g/mol. The van der Waals surface area contributed by atoms with Crippen molar-refractivity contribution in [2.24, 2.45) is 0 Å². The number of thioether (sulfide) groups is 1. The Balaban J connectivity index is 1.77. The van der Waals surface area contributed by atoms with Gasteiger partial charge in [-0.25, -0.2) is 0 Å². The monoisotopic (exact) mass is 299 g/mol. The second kappa shape index (κ2) is 6.54. The molecule has 0 aromatic heterocycles. The number of ether oxygens (including phenoxy) is 1. The summed E-state index contributed by atoms with van der Waals surface area (Å²) in [5.41, 5.74) is 2.70. The summed E-state index contributed by atoms with van der Waals surface area (Å²) >= 11 is 1.96. The lowest BCUT2D eigenvalue weighted by Gasteiger charge is -2.29. The molecule has 3 rings (SSSR count). The molecule has 0 spiro atoms. The van der Waals surface area contributed by atoms with Crippen molar-refractivity contribution in [2.75, 3.05) is 12.9 Å². The van der Waals surface area contributed by atoms with Crippen LogP contribution in [0.1, 0.15) is 36.6 Å². The van der Waals surface area contributed by atoms with Crippen molar-refractivity contribution in [3.63, 3.8) is 0 Å². The standard InChI is InChI=1S/C18H21NOS/c1-13(14-6-5-7-15(12-14)20-2)19-17-10-11-21-18-9-4-3-8-16(17)18/h3-9,12-13,17,19H,10-11H2,1-2H3/t13-,17?/m0/s1. The molecule has 0 amide bonds. The van der Waals surface area contributed by atoms with E-state index in [0.29, 0.717) is 12.1 Å². The highest BCUT2D eigenvalue weighted by Crippen LogP contribution is 2.37. The lowest BCUT2D eigenvalue weighted by atomic mass is 10.0. The highest BCUT2D eigenvalue weighted by Gasteiger charge is 2.22. The molecule has 0 fully saturated rings. The number of hydrogen-bond donors (Lipinski definition) is 1. The van der Waals surface area contributed by atoms with E-state index in [0.717, 1.165) is 5.75 Å². The van der Waals surface area contributed by atoms with Crippen LogP contribution < -0.4 is 10.1 Å². The second-order valence-corrected chi connectivity index (χ2v) is 6.53. The Morgan fingerprint density at radius 3 is 2.90 bits per heavy atom. The van der Waals surface area contributed by atoms with Gasteiger partial charge in [-0.05, 0) is 48.4 Å². The van der Waals surface area contributed by atoms with Crippen LogP contribution in [0.2, 0.25) is 0 Å². The van der Waals surface area contributed by atoms with Crippen LogP contribution in [0.25, 0.3) is 0 Å². The summed E-state index contributed by atoms with van der Waals surface area (Å²) in [6.45, 7) is 2.22. The topological polar surface area (TPSA) is 21.3 Å². The summed E-state index contributed by atoms with van der Waals surface area (Å²) < 4.78 is 5.32. The van der Waals surface area contributed by atoms with Crippen molar-refractivity contribution >= 4 is 11.8 Å². The third kappa shape index (κ3) is 3.25. The van der Waals surface area contributed by atoms with Gasteiger partial charge < -0.3 is 10.1 Å². The fourth-order valence-electron chi connectivity index (χ4n) is 2.82. The van der Waals surface area contributed by atoms with Gasteiger partial charge in [-0.2, -0.15) is 0 Å². The average molecular weight is 299 g/mol. The second-order valence-electron chi connectivity index (χ2n) is 5.39. The van der Waals surface area contributed by atoms with Crippen LogP contribution >= 0.6 is 11.8 Å². The molecule has 21 heavy (non-hydrogen) atoms. The number of rotatable bonds is 4. The Bertz CT molecular complexity index is 614. The maximum atomic E-state index is 5.32. The maximum absolute atomic E-state index is 5.32. The summed E-state index contributed by atoms with van der Waals surface area (Å²) in [5.74, 6) is 2.10. The average Bonchev–Trinajstić information content (AvgIpc) is 2.55. The van der Waals surface area contributed by atoms with Gasteiger partial charge in [0.1, 0.15) is 5.75 Å². The van der Waals surface area contributed by atoms with Gasteiger partial charge in [0.25, 0.3) is 0 Å². The Hall–Kier alpha value is -1.45. The molecule has 0 saturated carbocycles. The normalized spacial score (nSPS) is 18.9. The molecule has 0 aliphatic carbocycles. The summed E-state index contributed by atoms with van der Waals surface area (Å²) in [6, 6.07) is 17.8. The van der Waals surface area contributed by atoms with E-state index in [9.17, 15) is 0 Å². The van der Waals surface area contributed by atoms with Gasteiger partial charge in [0.05, 0.1) is 7.11 Å². The van der Waals surface area contributed by atoms with E-state index in [1.165, 1.54) is 28.2 Å². The fraction of sp³-hybridized carbons (Fsp3) is 0.333. The van der Waals surface area contributed by atoms with Crippen molar-refractivity contribution in [2.45, 2.75) is 30.3 Å². The number of fused-ring (bicyclic) bond motifs is 1. The molecule has 110 valence electrons. The molecule has 2 aromatic rings. The Morgan fingerprint density at radius 2 is 2.05 bits per heavy atom. The summed E-state index contributed by atoms with van der Waals surface area (Å²) in [7, 11) is 1.71. The van der Waals surface area contributed by atoms with Gasteiger partial charge in [0.15, 0.2) is 0 Å². The van der Waals surface area contributed by atoms with Crippen LogP contribution in [-0.2, 0) is 0 Å². The molecule has 2 aromatic carbocycles. The lowest BCUT2D eigenvalue weighted by molar-refractivity contribution is 0.411. The van der Waals surface area contributed by atoms with Crippen molar-refractivity contribution < 1.29 is 4.74 Å². The summed E-state index contributed by atoms with van der Waals surface area (Å²) in [4.78, 5) is 1.42. The van der Waals surface area contributed by atoms with Gasteiger partial charge in [0.2, 0.25) is 0 Å². The van der Waals surface area contributed by atoms with E-state index in [1.807, 2.05) is 17.8 Å². The predicted molar refractivity (Wildman–Crippen MR) is 89.1 cm³/mol. The number of benzene rings is 2. The van der Waals surface area contributed by atoms with Gasteiger partial charge in [-0.3, -0.25) is 0 Å².